The molecule has 2 aliphatic rings. The highest BCUT2D eigenvalue weighted by Gasteiger charge is 2.51. The molecular formula is C63H43N. The maximum Gasteiger partial charge on any atom is 0.0754 e. The lowest BCUT2D eigenvalue weighted by Gasteiger charge is -2.45. The van der Waals surface area contributed by atoms with Crippen LogP contribution in [0.15, 0.2) is 243 Å². The van der Waals surface area contributed by atoms with E-state index < -0.39 is 5.41 Å². The zero-order valence-electron chi connectivity index (χ0n) is 35.3. The highest BCUT2D eigenvalue weighted by molar-refractivity contribution is 6.25. The molecule has 300 valence electrons. The van der Waals surface area contributed by atoms with Gasteiger partial charge >= 0.3 is 0 Å². The van der Waals surface area contributed by atoms with Gasteiger partial charge in [0.15, 0.2) is 0 Å². The Morgan fingerprint density at radius 2 is 0.812 bits per heavy atom. The molecule has 0 bridgehead atoms. The average Bonchev–Trinajstić information content (AvgIpc) is 3.66. The summed E-state index contributed by atoms with van der Waals surface area (Å²) in [6.45, 7) is 0. The zero-order chi connectivity index (χ0) is 42.2. The van der Waals surface area contributed by atoms with Crippen molar-refractivity contribution < 1.29 is 0 Å². The lowest BCUT2D eigenvalue weighted by Crippen LogP contribution is -2.36. The van der Waals surface area contributed by atoms with E-state index in [-0.39, 0.29) is 5.92 Å². The third-order valence-corrected chi connectivity index (χ3v) is 14.3. The molecule has 1 aliphatic heterocycles. The SMILES string of the molecule is c1ccc(-c2ccc(C(Cc3ccc4c(c3)C3(c5ccccc5-4)c4ccccc4N(c4ccccc4)c4ccccc43)c3ccc4c5ccccc5c5ccccc5c4c3)cc2)cc1. The lowest BCUT2D eigenvalue weighted by atomic mass is 9.64. The number of para-hydroxylation sites is 3. The summed E-state index contributed by atoms with van der Waals surface area (Å²) < 4.78 is 0. The van der Waals surface area contributed by atoms with E-state index in [1.807, 2.05) is 0 Å². The standard InChI is InChI=1S/C63H43N/c1-3-17-43(18-4-1)44-32-34-45(35-33-44)55(46-36-38-52-50-23-8-7-21-48(50)49-22-9-10-24-51(49)56(52)41-46)39-42-31-37-54-53-25-11-12-26-57(53)63(60(54)40-42)58-27-13-15-29-61(58)64(47-19-5-2-6-20-47)62-30-16-14-28-59(62)63/h1-38,40-41,55H,39H2. The summed E-state index contributed by atoms with van der Waals surface area (Å²) in [6, 6.07) is 90.7. The van der Waals surface area contributed by atoms with Crippen molar-refractivity contribution in [2.24, 2.45) is 0 Å². The monoisotopic (exact) mass is 813 g/mol. The van der Waals surface area contributed by atoms with Crippen molar-refractivity contribution in [3.8, 4) is 22.3 Å². The Bertz CT molecular complexity index is 3500. The largest absolute Gasteiger partial charge is 0.310 e. The number of nitrogens with zero attached hydrogens (tertiary/aromatic N) is 1. The molecule has 1 unspecified atom stereocenters. The average molecular weight is 814 g/mol. The Labute approximate surface area is 374 Å². The molecule has 11 aromatic carbocycles. The van der Waals surface area contributed by atoms with Gasteiger partial charge in [-0.3, -0.25) is 0 Å². The molecule has 11 aromatic rings. The molecule has 0 fully saturated rings. The molecule has 1 heteroatoms. The van der Waals surface area contributed by atoms with Gasteiger partial charge in [-0.05, 0) is 130 Å². The summed E-state index contributed by atoms with van der Waals surface area (Å²) in [5, 5.41) is 7.81. The van der Waals surface area contributed by atoms with Gasteiger partial charge in [0.2, 0.25) is 0 Å². The van der Waals surface area contributed by atoms with Crippen LogP contribution in [0.1, 0.15) is 44.9 Å². The third kappa shape index (κ3) is 5.44. The number of fused-ring (bicyclic) bond motifs is 15. The first-order valence-electron chi connectivity index (χ1n) is 22.5. The first-order valence-corrected chi connectivity index (χ1v) is 22.5. The van der Waals surface area contributed by atoms with E-state index in [2.05, 4.69) is 248 Å². The minimum atomic E-state index is -0.504. The summed E-state index contributed by atoms with van der Waals surface area (Å²) in [6.07, 6.45) is 0.848. The van der Waals surface area contributed by atoms with Gasteiger partial charge in [0.1, 0.15) is 0 Å². The van der Waals surface area contributed by atoms with E-state index >= 15 is 0 Å². The van der Waals surface area contributed by atoms with Crippen LogP contribution in [0.2, 0.25) is 0 Å². The summed E-state index contributed by atoms with van der Waals surface area (Å²) in [5.41, 5.74) is 17.5. The number of hydrogen-bond acceptors (Lipinski definition) is 1. The maximum atomic E-state index is 2.57. The topological polar surface area (TPSA) is 3.24 Å². The number of hydrogen-bond donors (Lipinski definition) is 0. The van der Waals surface area contributed by atoms with Crippen LogP contribution >= 0.6 is 0 Å². The molecule has 0 amide bonds. The molecule has 1 heterocycles. The highest BCUT2D eigenvalue weighted by Crippen LogP contribution is 2.63. The summed E-state index contributed by atoms with van der Waals surface area (Å²) in [7, 11) is 0. The van der Waals surface area contributed by atoms with E-state index in [1.54, 1.807) is 0 Å². The summed E-state index contributed by atoms with van der Waals surface area (Å²) in [5.74, 6) is 0.108. The van der Waals surface area contributed by atoms with Gasteiger partial charge in [-0.25, -0.2) is 0 Å². The Kier molecular flexibility index (Phi) is 8.33. The Morgan fingerprint density at radius 1 is 0.328 bits per heavy atom. The molecule has 1 aliphatic carbocycles. The van der Waals surface area contributed by atoms with Crippen molar-refractivity contribution in [3.63, 3.8) is 0 Å². The minimum absolute atomic E-state index is 0.108. The second-order valence-electron chi connectivity index (χ2n) is 17.5. The van der Waals surface area contributed by atoms with Gasteiger partial charge in [0, 0.05) is 11.6 Å². The number of anilines is 3. The van der Waals surface area contributed by atoms with Gasteiger partial charge in [-0.1, -0.05) is 212 Å². The second-order valence-corrected chi connectivity index (χ2v) is 17.5. The summed E-state index contributed by atoms with van der Waals surface area (Å²) in [4.78, 5) is 2.46. The number of benzene rings is 11. The molecule has 0 N–H and O–H groups in total. The predicted octanol–water partition coefficient (Wildman–Crippen LogP) is 16.3. The second kappa shape index (κ2) is 14.5. The van der Waals surface area contributed by atoms with E-state index in [0.717, 1.165) is 12.1 Å². The fourth-order valence-electron chi connectivity index (χ4n) is 11.5. The van der Waals surface area contributed by atoms with Crippen LogP contribution in [0.25, 0.3) is 54.6 Å². The minimum Gasteiger partial charge on any atom is -0.310 e. The zero-order valence-corrected chi connectivity index (χ0v) is 35.3. The molecule has 64 heavy (non-hydrogen) atoms. The van der Waals surface area contributed by atoms with E-state index in [0.29, 0.717) is 0 Å². The third-order valence-electron chi connectivity index (χ3n) is 14.3. The maximum absolute atomic E-state index is 2.57. The van der Waals surface area contributed by atoms with Crippen LogP contribution in [0, 0.1) is 0 Å². The predicted molar refractivity (Wildman–Crippen MR) is 268 cm³/mol. The first kappa shape index (κ1) is 36.6. The van der Waals surface area contributed by atoms with E-state index in [4.69, 9.17) is 0 Å². The van der Waals surface area contributed by atoms with Crippen LogP contribution in [-0.4, -0.2) is 0 Å². The highest BCUT2D eigenvalue weighted by atomic mass is 15.2. The van der Waals surface area contributed by atoms with Crippen molar-refractivity contribution in [1.82, 2.24) is 0 Å². The van der Waals surface area contributed by atoms with Crippen molar-refractivity contribution in [2.45, 2.75) is 17.8 Å². The van der Waals surface area contributed by atoms with Crippen molar-refractivity contribution in [3.05, 3.63) is 282 Å². The van der Waals surface area contributed by atoms with E-state index in [1.165, 1.54) is 105 Å². The van der Waals surface area contributed by atoms with Gasteiger partial charge in [0.05, 0.1) is 16.8 Å². The molecular weight excluding hydrogens is 771 g/mol. The van der Waals surface area contributed by atoms with E-state index in [9.17, 15) is 0 Å². The molecule has 1 spiro atoms. The first-order chi connectivity index (χ1) is 31.8. The normalized spacial score (nSPS) is 13.7. The van der Waals surface area contributed by atoms with Gasteiger partial charge in [0.25, 0.3) is 0 Å². The summed E-state index contributed by atoms with van der Waals surface area (Å²) >= 11 is 0. The molecule has 0 saturated heterocycles. The van der Waals surface area contributed by atoms with Crippen molar-refractivity contribution >= 4 is 49.4 Å². The molecule has 1 nitrogen and oxygen atoms in total. The molecule has 0 aromatic heterocycles. The van der Waals surface area contributed by atoms with Gasteiger partial charge < -0.3 is 4.90 Å². The van der Waals surface area contributed by atoms with Gasteiger partial charge in [-0.2, -0.15) is 0 Å². The van der Waals surface area contributed by atoms with Crippen LogP contribution < -0.4 is 4.90 Å². The molecule has 1 atom stereocenters. The molecule has 0 saturated carbocycles. The van der Waals surface area contributed by atoms with Crippen LogP contribution in [0.3, 0.4) is 0 Å². The Balaban J connectivity index is 1.01. The van der Waals surface area contributed by atoms with Gasteiger partial charge in [-0.15, -0.1) is 0 Å². The van der Waals surface area contributed by atoms with Crippen LogP contribution in [0.5, 0.6) is 0 Å². The Hall–Kier alpha value is -8.00. The fraction of sp³-hybridized carbons (Fsp3) is 0.0476. The van der Waals surface area contributed by atoms with Crippen molar-refractivity contribution in [2.75, 3.05) is 4.90 Å². The number of rotatable bonds is 6. The van der Waals surface area contributed by atoms with Crippen molar-refractivity contribution in [1.29, 1.82) is 0 Å². The molecule has 0 radical (unpaired) electrons. The fourth-order valence-corrected chi connectivity index (χ4v) is 11.5. The Morgan fingerprint density at radius 3 is 1.47 bits per heavy atom. The lowest BCUT2D eigenvalue weighted by molar-refractivity contribution is 0.746. The quantitative estimate of drug-likeness (QED) is 0.151. The smallest absolute Gasteiger partial charge is 0.0754 e. The molecule has 13 rings (SSSR count). The van der Waals surface area contributed by atoms with Crippen LogP contribution in [0.4, 0.5) is 17.1 Å². The van der Waals surface area contributed by atoms with Crippen LogP contribution in [-0.2, 0) is 11.8 Å².